The van der Waals surface area contributed by atoms with Crippen LogP contribution < -0.4 is 10.4 Å². The minimum Gasteiger partial charge on any atom is -0.415 e. The predicted octanol–water partition coefficient (Wildman–Crippen LogP) is 5.26. The summed E-state index contributed by atoms with van der Waals surface area (Å²) in [6.07, 6.45) is 11.5. The molecule has 0 saturated carbocycles. The summed E-state index contributed by atoms with van der Waals surface area (Å²) in [6, 6.07) is 13.3. The Labute approximate surface area is 169 Å². The summed E-state index contributed by atoms with van der Waals surface area (Å²) in [4.78, 5) is 0. The van der Waals surface area contributed by atoms with Gasteiger partial charge in [0.25, 0.3) is 0 Å². The second kappa shape index (κ2) is 7.34. The average Bonchev–Trinajstić information content (AvgIpc) is 3.23. The van der Waals surface area contributed by atoms with Gasteiger partial charge < -0.3 is 4.43 Å². The Balaban J connectivity index is 1.87. The molecule has 144 valence electrons. The maximum atomic E-state index is 6.34. The maximum absolute atomic E-state index is 6.34. The standard InChI is InChI=1S/C26H30OSi/c1-6-19-14-15-24-22-12-8-7-10-21(22)17-25(24)26(19)23-13-9-11-20(23)16-18(2)27-28(3,4)5/h6-12,14-15,17-18H,13,16H2,1-5H3. The van der Waals surface area contributed by atoms with Crippen LogP contribution in [-0.4, -0.2) is 14.4 Å². The summed E-state index contributed by atoms with van der Waals surface area (Å²) >= 11 is 0. The van der Waals surface area contributed by atoms with Gasteiger partial charge >= 0.3 is 0 Å². The molecular weight excluding hydrogens is 356 g/mol. The smallest absolute Gasteiger partial charge is 0.184 e. The number of hydrogen-bond acceptors (Lipinski definition) is 1. The molecule has 0 spiro atoms. The lowest BCUT2D eigenvalue weighted by atomic mass is 9.91. The Hall–Kier alpha value is -2.16. The van der Waals surface area contributed by atoms with Gasteiger partial charge in [0.2, 0.25) is 0 Å². The van der Waals surface area contributed by atoms with Crippen molar-refractivity contribution in [1.82, 2.24) is 0 Å². The Morgan fingerprint density at radius 3 is 2.61 bits per heavy atom. The summed E-state index contributed by atoms with van der Waals surface area (Å²) in [5.74, 6) is 0. The van der Waals surface area contributed by atoms with Gasteiger partial charge in [-0.1, -0.05) is 54.6 Å². The molecule has 28 heavy (non-hydrogen) atoms. The van der Waals surface area contributed by atoms with Crippen LogP contribution >= 0.6 is 0 Å². The van der Waals surface area contributed by atoms with Crippen LogP contribution in [-0.2, 0) is 4.43 Å². The van der Waals surface area contributed by atoms with Gasteiger partial charge in [-0.2, -0.15) is 0 Å². The van der Waals surface area contributed by atoms with Crippen molar-refractivity contribution in [3.8, 4) is 0 Å². The van der Waals surface area contributed by atoms with E-state index < -0.39 is 8.32 Å². The molecule has 0 fully saturated rings. The van der Waals surface area contributed by atoms with Crippen LogP contribution in [0.3, 0.4) is 0 Å². The van der Waals surface area contributed by atoms with Crippen LogP contribution in [0.4, 0.5) is 0 Å². The van der Waals surface area contributed by atoms with E-state index in [1.54, 1.807) is 0 Å². The highest BCUT2D eigenvalue weighted by molar-refractivity contribution is 6.69. The molecule has 0 radical (unpaired) electrons. The predicted molar refractivity (Wildman–Crippen MR) is 123 cm³/mol. The van der Waals surface area contributed by atoms with Gasteiger partial charge in [0.1, 0.15) is 0 Å². The van der Waals surface area contributed by atoms with Crippen molar-refractivity contribution >= 4 is 26.0 Å². The summed E-state index contributed by atoms with van der Waals surface area (Å²) < 4.78 is 6.34. The number of allylic oxidation sites excluding steroid dienone is 3. The number of hydrogen-bond donors (Lipinski definition) is 0. The van der Waals surface area contributed by atoms with Gasteiger partial charge in [-0.15, -0.1) is 0 Å². The summed E-state index contributed by atoms with van der Waals surface area (Å²) in [7, 11) is -1.53. The third-order valence-electron chi connectivity index (χ3n) is 5.53. The molecule has 0 bridgehead atoms. The lowest BCUT2D eigenvalue weighted by Gasteiger charge is -2.24. The minimum absolute atomic E-state index is 0.256. The topological polar surface area (TPSA) is 9.23 Å². The molecule has 0 N–H and O–H groups in total. The highest BCUT2D eigenvalue weighted by Gasteiger charge is 2.22. The Kier molecular flexibility index (Phi) is 5.03. The molecule has 0 amide bonds. The van der Waals surface area contributed by atoms with Crippen LogP contribution in [0, 0.1) is 10.4 Å². The van der Waals surface area contributed by atoms with Crippen molar-refractivity contribution in [1.29, 1.82) is 0 Å². The van der Waals surface area contributed by atoms with Crippen molar-refractivity contribution in [3.05, 3.63) is 86.1 Å². The van der Waals surface area contributed by atoms with Crippen LogP contribution in [0.15, 0.2) is 54.1 Å². The van der Waals surface area contributed by atoms with Crippen molar-refractivity contribution in [3.63, 3.8) is 0 Å². The SMILES string of the molecule is CC=c1ccc2c(c1C1=C(CC(C)O[Si](C)(C)C)C=CC1)C=c1ccccc1=2. The van der Waals surface area contributed by atoms with E-state index in [2.05, 4.69) is 94.2 Å². The fourth-order valence-electron chi connectivity index (χ4n) is 4.58. The number of rotatable bonds is 5. The van der Waals surface area contributed by atoms with E-state index in [9.17, 15) is 0 Å². The molecule has 0 aromatic heterocycles. The van der Waals surface area contributed by atoms with Gasteiger partial charge in [-0.05, 0) is 95.6 Å². The second-order valence-corrected chi connectivity index (χ2v) is 13.3. The van der Waals surface area contributed by atoms with E-state index in [4.69, 9.17) is 4.43 Å². The molecular formula is C26H30OSi. The van der Waals surface area contributed by atoms with Crippen molar-refractivity contribution in [2.75, 3.05) is 0 Å². The Bertz CT molecular complexity index is 1190. The molecule has 2 aromatic rings. The van der Waals surface area contributed by atoms with Gasteiger partial charge in [0, 0.05) is 6.10 Å². The van der Waals surface area contributed by atoms with E-state index in [1.807, 2.05) is 0 Å². The third kappa shape index (κ3) is 3.59. The van der Waals surface area contributed by atoms with Crippen LogP contribution in [0.2, 0.25) is 19.6 Å². The van der Waals surface area contributed by atoms with Crippen molar-refractivity contribution in [2.45, 2.75) is 52.4 Å². The maximum Gasteiger partial charge on any atom is 0.184 e. The first kappa shape index (κ1) is 19.2. The molecule has 2 aromatic carbocycles. The molecule has 0 heterocycles. The first-order chi connectivity index (χ1) is 13.4. The lowest BCUT2D eigenvalue weighted by Crippen LogP contribution is -2.30. The molecule has 2 heteroatoms. The molecule has 2 aliphatic carbocycles. The fourth-order valence-corrected chi connectivity index (χ4v) is 5.87. The largest absolute Gasteiger partial charge is 0.415 e. The third-order valence-corrected chi connectivity index (χ3v) is 6.64. The second-order valence-electron chi connectivity index (χ2n) is 8.87. The average molecular weight is 387 g/mol. The highest BCUT2D eigenvalue weighted by atomic mass is 28.4. The van der Waals surface area contributed by atoms with E-state index in [0.29, 0.717) is 0 Å². The summed E-state index contributed by atoms with van der Waals surface area (Å²) in [6.45, 7) is 11.2. The Morgan fingerprint density at radius 2 is 1.86 bits per heavy atom. The quantitative estimate of drug-likeness (QED) is 0.544. The molecule has 0 saturated heterocycles. The van der Waals surface area contributed by atoms with Gasteiger partial charge in [-0.25, -0.2) is 0 Å². The molecule has 2 aliphatic rings. The van der Waals surface area contributed by atoms with E-state index in [1.165, 1.54) is 43.1 Å². The fraction of sp³-hybridized carbons (Fsp3) is 0.308. The monoisotopic (exact) mass is 386 g/mol. The van der Waals surface area contributed by atoms with Crippen LogP contribution in [0.5, 0.6) is 0 Å². The van der Waals surface area contributed by atoms with E-state index >= 15 is 0 Å². The summed E-state index contributed by atoms with van der Waals surface area (Å²) in [5, 5.41) is 5.37. The number of benzene rings is 2. The van der Waals surface area contributed by atoms with Gasteiger partial charge in [0.05, 0.1) is 0 Å². The lowest BCUT2D eigenvalue weighted by molar-refractivity contribution is 0.215. The Morgan fingerprint density at radius 1 is 1.07 bits per heavy atom. The molecule has 1 unspecified atom stereocenters. The first-order valence-corrected chi connectivity index (χ1v) is 13.8. The normalized spacial score (nSPS) is 17.0. The highest BCUT2D eigenvalue weighted by Crippen LogP contribution is 2.33. The molecule has 1 atom stereocenters. The number of fused-ring (bicyclic) bond motifs is 2. The zero-order chi connectivity index (χ0) is 19.9. The van der Waals surface area contributed by atoms with Crippen molar-refractivity contribution < 1.29 is 4.43 Å². The summed E-state index contributed by atoms with van der Waals surface area (Å²) in [5.41, 5.74) is 5.70. The minimum atomic E-state index is -1.53. The molecule has 4 rings (SSSR count). The van der Waals surface area contributed by atoms with Crippen LogP contribution in [0.25, 0.3) is 17.7 Å². The molecule has 1 nitrogen and oxygen atoms in total. The molecule has 0 aliphatic heterocycles. The van der Waals surface area contributed by atoms with Crippen molar-refractivity contribution in [2.24, 2.45) is 0 Å². The first-order valence-electron chi connectivity index (χ1n) is 10.3. The van der Waals surface area contributed by atoms with E-state index in [0.717, 1.165) is 12.8 Å². The van der Waals surface area contributed by atoms with Gasteiger partial charge in [-0.3, -0.25) is 0 Å². The van der Waals surface area contributed by atoms with E-state index in [-0.39, 0.29) is 6.10 Å². The zero-order valence-electron chi connectivity index (χ0n) is 17.7. The van der Waals surface area contributed by atoms with Gasteiger partial charge in [0.15, 0.2) is 8.32 Å². The zero-order valence-corrected chi connectivity index (χ0v) is 18.7. The van der Waals surface area contributed by atoms with Crippen LogP contribution in [0.1, 0.15) is 37.8 Å².